The molecule has 1 unspecified atom stereocenters. The topological polar surface area (TPSA) is 24.5 Å². The van der Waals surface area contributed by atoms with Crippen LogP contribution in [-0.4, -0.2) is 37.7 Å². The third kappa shape index (κ3) is 4.80. The fourth-order valence-corrected chi connectivity index (χ4v) is 2.93. The van der Waals surface area contributed by atoms with Gasteiger partial charge in [0.25, 0.3) is 0 Å². The van der Waals surface area contributed by atoms with Gasteiger partial charge in [-0.05, 0) is 43.0 Å². The molecule has 3 heteroatoms. The smallest absolute Gasteiger partial charge is 0.118 e. The van der Waals surface area contributed by atoms with E-state index in [9.17, 15) is 0 Å². The molecule has 112 valence electrons. The van der Waals surface area contributed by atoms with E-state index in [1.165, 1.54) is 24.9 Å². The van der Waals surface area contributed by atoms with Crippen LogP contribution in [0.5, 0.6) is 5.75 Å². The van der Waals surface area contributed by atoms with Gasteiger partial charge in [-0.3, -0.25) is 4.90 Å². The molecule has 0 saturated carbocycles. The number of ether oxygens (including phenoxy) is 1. The first kappa shape index (κ1) is 15.3. The normalized spacial score (nSPS) is 18.9. The number of hydrogen-bond donors (Lipinski definition) is 1. The summed E-state index contributed by atoms with van der Waals surface area (Å²) in [6, 6.07) is 9.13. The molecule has 1 fully saturated rings. The quantitative estimate of drug-likeness (QED) is 0.829. The Morgan fingerprint density at radius 3 is 2.60 bits per heavy atom. The summed E-state index contributed by atoms with van der Waals surface area (Å²) in [6.45, 7) is 9.11. The monoisotopic (exact) mass is 276 g/mol. The van der Waals surface area contributed by atoms with E-state index in [4.69, 9.17) is 4.74 Å². The molecule has 1 saturated heterocycles. The Labute approximate surface area is 123 Å². The standard InChI is InChI=1S/C17H28N2O/c1-14(2)11-19(13-16-5-4-10-18-16)12-15-6-8-17(20-3)9-7-15/h6-9,14,16,18H,4-5,10-13H2,1-3H3. The van der Waals surface area contributed by atoms with Crippen molar-refractivity contribution in [1.82, 2.24) is 10.2 Å². The van der Waals surface area contributed by atoms with Crippen molar-refractivity contribution >= 4 is 0 Å². The first-order valence-electron chi connectivity index (χ1n) is 7.76. The second-order valence-corrected chi connectivity index (χ2v) is 6.23. The molecule has 0 bridgehead atoms. The maximum absolute atomic E-state index is 5.22. The van der Waals surface area contributed by atoms with Gasteiger partial charge in [0.1, 0.15) is 5.75 Å². The summed E-state index contributed by atoms with van der Waals surface area (Å²) in [4.78, 5) is 2.58. The molecule has 0 amide bonds. The van der Waals surface area contributed by atoms with E-state index < -0.39 is 0 Å². The Morgan fingerprint density at radius 2 is 2.05 bits per heavy atom. The zero-order valence-electron chi connectivity index (χ0n) is 13.1. The Hall–Kier alpha value is -1.06. The van der Waals surface area contributed by atoms with Crippen molar-refractivity contribution in [3.8, 4) is 5.75 Å². The third-order valence-electron chi connectivity index (χ3n) is 3.83. The molecule has 1 heterocycles. The highest BCUT2D eigenvalue weighted by Crippen LogP contribution is 2.15. The molecule has 0 aliphatic carbocycles. The highest BCUT2D eigenvalue weighted by atomic mass is 16.5. The van der Waals surface area contributed by atoms with E-state index in [1.54, 1.807) is 7.11 Å². The van der Waals surface area contributed by atoms with Gasteiger partial charge in [-0.1, -0.05) is 26.0 Å². The number of nitrogens with one attached hydrogen (secondary N) is 1. The third-order valence-corrected chi connectivity index (χ3v) is 3.83. The molecular formula is C17H28N2O. The fourth-order valence-electron chi connectivity index (χ4n) is 2.93. The minimum absolute atomic E-state index is 0.673. The molecule has 3 nitrogen and oxygen atoms in total. The summed E-state index contributed by atoms with van der Waals surface area (Å²) in [5, 5.41) is 3.60. The molecule has 1 aliphatic rings. The number of benzene rings is 1. The summed E-state index contributed by atoms with van der Waals surface area (Å²) < 4.78 is 5.22. The number of methoxy groups -OCH3 is 1. The van der Waals surface area contributed by atoms with Gasteiger partial charge < -0.3 is 10.1 Å². The van der Waals surface area contributed by atoms with Gasteiger partial charge >= 0.3 is 0 Å². The molecule has 0 spiro atoms. The second kappa shape index (κ2) is 7.65. The highest BCUT2D eigenvalue weighted by Gasteiger charge is 2.18. The summed E-state index contributed by atoms with van der Waals surface area (Å²) >= 11 is 0. The average molecular weight is 276 g/mol. The lowest BCUT2D eigenvalue weighted by Gasteiger charge is -2.27. The van der Waals surface area contributed by atoms with Crippen LogP contribution in [0.1, 0.15) is 32.3 Å². The SMILES string of the molecule is COc1ccc(CN(CC(C)C)CC2CCCN2)cc1. The van der Waals surface area contributed by atoms with Crippen LogP contribution < -0.4 is 10.1 Å². The molecule has 0 radical (unpaired) electrons. The highest BCUT2D eigenvalue weighted by molar-refractivity contribution is 5.27. The molecule has 0 aromatic heterocycles. The van der Waals surface area contributed by atoms with E-state index >= 15 is 0 Å². The Morgan fingerprint density at radius 1 is 1.30 bits per heavy atom. The molecule has 1 aliphatic heterocycles. The van der Waals surface area contributed by atoms with Gasteiger partial charge in [0, 0.05) is 25.7 Å². The zero-order chi connectivity index (χ0) is 14.4. The van der Waals surface area contributed by atoms with E-state index in [1.807, 2.05) is 0 Å². The van der Waals surface area contributed by atoms with Gasteiger partial charge in [-0.2, -0.15) is 0 Å². The van der Waals surface area contributed by atoms with Crippen molar-refractivity contribution in [1.29, 1.82) is 0 Å². The second-order valence-electron chi connectivity index (χ2n) is 6.23. The van der Waals surface area contributed by atoms with Crippen LogP contribution in [0.3, 0.4) is 0 Å². The van der Waals surface area contributed by atoms with Crippen LogP contribution in [0.4, 0.5) is 0 Å². The van der Waals surface area contributed by atoms with E-state index in [0.29, 0.717) is 12.0 Å². The van der Waals surface area contributed by atoms with Gasteiger partial charge in [0.15, 0.2) is 0 Å². The lowest BCUT2D eigenvalue weighted by Crippen LogP contribution is -2.38. The number of hydrogen-bond acceptors (Lipinski definition) is 3. The summed E-state index contributed by atoms with van der Waals surface area (Å²) in [6.07, 6.45) is 2.64. The van der Waals surface area contributed by atoms with Crippen molar-refractivity contribution in [2.24, 2.45) is 5.92 Å². The molecular weight excluding hydrogens is 248 g/mol. The van der Waals surface area contributed by atoms with E-state index in [2.05, 4.69) is 48.3 Å². The number of rotatable bonds is 7. The predicted molar refractivity (Wildman–Crippen MR) is 84.1 cm³/mol. The van der Waals surface area contributed by atoms with Gasteiger partial charge in [0.05, 0.1) is 7.11 Å². The minimum atomic E-state index is 0.673. The van der Waals surface area contributed by atoms with Crippen LogP contribution in [0.15, 0.2) is 24.3 Å². The van der Waals surface area contributed by atoms with Gasteiger partial charge in [-0.25, -0.2) is 0 Å². The van der Waals surface area contributed by atoms with Crippen molar-refractivity contribution in [2.75, 3.05) is 26.7 Å². The molecule has 1 aromatic rings. The average Bonchev–Trinajstić information content (AvgIpc) is 2.91. The van der Waals surface area contributed by atoms with Crippen molar-refractivity contribution in [3.05, 3.63) is 29.8 Å². The van der Waals surface area contributed by atoms with Crippen LogP contribution in [0.25, 0.3) is 0 Å². The predicted octanol–water partition coefficient (Wildman–Crippen LogP) is 2.91. The minimum Gasteiger partial charge on any atom is -0.497 e. The maximum Gasteiger partial charge on any atom is 0.118 e. The largest absolute Gasteiger partial charge is 0.497 e. The van der Waals surface area contributed by atoms with Gasteiger partial charge in [0.2, 0.25) is 0 Å². The lowest BCUT2D eigenvalue weighted by molar-refractivity contribution is 0.216. The Bertz CT molecular complexity index is 382. The van der Waals surface area contributed by atoms with E-state index in [0.717, 1.165) is 25.4 Å². The Kier molecular flexibility index (Phi) is 5.86. The fraction of sp³-hybridized carbons (Fsp3) is 0.647. The van der Waals surface area contributed by atoms with Crippen LogP contribution in [0.2, 0.25) is 0 Å². The Balaban J connectivity index is 1.94. The first-order valence-corrected chi connectivity index (χ1v) is 7.76. The number of nitrogens with zero attached hydrogens (tertiary/aromatic N) is 1. The lowest BCUT2D eigenvalue weighted by atomic mass is 10.1. The summed E-state index contributed by atoms with van der Waals surface area (Å²) in [7, 11) is 1.71. The molecule has 20 heavy (non-hydrogen) atoms. The van der Waals surface area contributed by atoms with E-state index in [-0.39, 0.29) is 0 Å². The van der Waals surface area contributed by atoms with Crippen LogP contribution >= 0.6 is 0 Å². The first-order chi connectivity index (χ1) is 9.67. The zero-order valence-corrected chi connectivity index (χ0v) is 13.1. The maximum atomic E-state index is 5.22. The van der Waals surface area contributed by atoms with Crippen LogP contribution in [-0.2, 0) is 6.54 Å². The molecule has 1 N–H and O–H groups in total. The molecule has 1 atom stereocenters. The van der Waals surface area contributed by atoms with Crippen molar-refractivity contribution < 1.29 is 4.74 Å². The van der Waals surface area contributed by atoms with Crippen LogP contribution in [0, 0.1) is 5.92 Å². The van der Waals surface area contributed by atoms with Crippen molar-refractivity contribution in [3.63, 3.8) is 0 Å². The summed E-state index contributed by atoms with van der Waals surface area (Å²) in [5.74, 6) is 1.64. The molecule has 1 aromatic carbocycles. The van der Waals surface area contributed by atoms with Gasteiger partial charge in [-0.15, -0.1) is 0 Å². The summed E-state index contributed by atoms with van der Waals surface area (Å²) in [5.41, 5.74) is 1.37. The molecule has 2 rings (SSSR count). The van der Waals surface area contributed by atoms with Crippen molar-refractivity contribution in [2.45, 2.75) is 39.3 Å².